The summed E-state index contributed by atoms with van der Waals surface area (Å²) in [5.41, 5.74) is 6.87. The van der Waals surface area contributed by atoms with Gasteiger partial charge in [0.15, 0.2) is 0 Å². The fourth-order valence-corrected chi connectivity index (χ4v) is 2.66. The van der Waals surface area contributed by atoms with Crippen LogP contribution in [0.1, 0.15) is 23.5 Å². The maximum atomic E-state index is 12.4. The summed E-state index contributed by atoms with van der Waals surface area (Å²) in [6, 6.07) is 16.1. The third-order valence-corrected chi connectivity index (χ3v) is 3.93. The molecule has 0 aliphatic rings. The van der Waals surface area contributed by atoms with Gasteiger partial charge < -0.3 is 15.0 Å². The van der Waals surface area contributed by atoms with E-state index < -0.39 is 0 Å². The van der Waals surface area contributed by atoms with E-state index in [-0.39, 0.29) is 13.3 Å². The summed E-state index contributed by atoms with van der Waals surface area (Å²) in [4.78, 5) is 16.4. The van der Waals surface area contributed by atoms with Crippen LogP contribution in [0.25, 0.3) is 10.8 Å². The van der Waals surface area contributed by atoms with Crippen molar-refractivity contribution in [3.05, 3.63) is 72.1 Å². The van der Waals surface area contributed by atoms with E-state index in [9.17, 15) is 4.79 Å². The fraction of sp³-hybridized carbons (Fsp3) is 0.0952. The highest BCUT2D eigenvalue weighted by atomic mass is 16.5. The van der Waals surface area contributed by atoms with Gasteiger partial charge >= 0.3 is 0 Å². The Morgan fingerprint density at radius 3 is 2.57 bits per heavy atom. The molecular weight excluding hydrogens is 356 g/mol. The zero-order chi connectivity index (χ0) is 18.8. The Morgan fingerprint density at radius 1 is 1.04 bits per heavy atom. The van der Waals surface area contributed by atoms with Crippen molar-refractivity contribution in [3.8, 4) is 11.5 Å². The number of amides is 1. The van der Waals surface area contributed by atoms with Gasteiger partial charge in [0.05, 0.1) is 5.69 Å². The number of nitrogens with two attached hydrogens (primary N) is 1. The van der Waals surface area contributed by atoms with E-state index in [2.05, 4.69) is 15.5 Å². The lowest BCUT2D eigenvalue weighted by molar-refractivity contribution is 0.102. The predicted molar refractivity (Wildman–Crippen MR) is 109 cm³/mol. The van der Waals surface area contributed by atoms with Gasteiger partial charge in [-0.15, -0.1) is 0 Å². The van der Waals surface area contributed by atoms with Crippen molar-refractivity contribution in [1.29, 1.82) is 0 Å². The van der Waals surface area contributed by atoms with Gasteiger partial charge in [-0.3, -0.25) is 10.1 Å². The molecule has 3 N–H and O–H groups in total. The topological polar surface area (TPSA) is 103 Å². The summed E-state index contributed by atoms with van der Waals surface area (Å²) < 4.78 is 10.8. The molecule has 0 atom stereocenters. The maximum absolute atomic E-state index is 12.4. The second-order valence-corrected chi connectivity index (χ2v) is 6.03. The van der Waals surface area contributed by atoms with Crippen molar-refractivity contribution in [2.75, 3.05) is 11.1 Å². The molecule has 2 heterocycles. The molecule has 0 saturated heterocycles. The Kier molecular flexibility index (Phi) is 5.26. The van der Waals surface area contributed by atoms with Gasteiger partial charge in [-0.2, -0.15) is 0 Å². The van der Waals surface area contributed by atoms with E-state index in [1.54, 1.807) is 43.5 Å². The molecule has 0 aliphatic carbocycles. The summed E-state index contributed by atoms with van der Waals surface area (Å²) in [5, 5.41) is 8.30. The highest BCUT2D eigenvalue weighted by molar-refractivity contribution is 6.05. The number of fused-ring (bicyclic) bond motifs is 1. The number of carbonyl (C=O) groups is 1. The van der Waals surface area contributed by atoms with Crippen molar-refractivity contribution < 1.29 is 14.1 Å². The Morgan fingerprint density at radius 2 is 1.82 bits per heavy atom. The molecule has 1 amide bonds. The molecule has 0 saturated carbocycles. The Hall–Kier alpha value is -3.87. The minimum absolute atomic E-state index is 0. The third-order valence-electron chi connectivity index (χ3n) is 3.93. The number of aromatic nitrogens is 2. The first-order chi connectivity index (χ1) is 13.1. The van der Waals surface area contributed by atoms with Crippen LogP contribution in [-0.4, -0.2) is 16.0 Å². The summed E-state index contributed by atoms with van der Waals surface area (Å²) in [6.45, 7) is 1.78. The van der Waals surface area contributed by atoms with E-state index in [1.165, 1.54) is 0 Å². The van der Waals surface area contributed by atoms with E-state index in [0.717, 1.165) is 10.8 Å². The first kappa shape index (κ1) is 18.9. The van der Waals surface area contributed by atoms with E-state index in [1.807, 2.05) is 24.3 Å². The molecule has 142 valence electrons. The first-order valence-corrected chi connectivity index (χ1v) is 8.25. The van der Waals surface area contributed by atoms with E-state index in [4.69, 9.17) is 15.0 Å². The SMILES string of the molecule is C.Cc1cc(NC(=O)c2ccc3ccc(Oc4ccnc(N)c4)cc3c2)on1. The van der Waals surface area contributed by atoms with Gasteiger partial charge in [0.2, 0.25) is 5.88 Å². The predicted octanol–water partition coefficient (Wildman–Crippen LogP) is 4.79. The van der Waals surface area contributed by atoms with Crippen LogP contribution in [-0.2, 0) is 0 Å². The van der Waals surface area contributed by atoms with E-state index in [0.29, 0.717) is 34.5 Å². The van der Waals surface area contributed by atoms with Crippen molar-refractivity contribution in [2.24, 2.45) is 0 Å². The van der Waals surface area contributed by atoms with Crippen LogP contribution >= 0.6 is 0 Å². The van der Waals surface area contributed by atoms with Gasteiger partial charge in [0.1, 0.15) is 17.3 Å². The molecule has 28 heavy (non-hydrogen) atoms. The number of aryl methyl sites for hydroxylation is 1. The summed E-state index contributed by atoms with van der Waals surface area (Å²) >= 11 is 0. The molecule has 0 unspecified atom stereocenters. The molecule has 2 aromatic heterocycles. The van der Waals surface area contributed by atoms with Crippen LogP contribution in [0.5, 0.6) is 11.5 Å². The smallest absolute Gasteiger partial charge is 0.258 e. The van der Waals surface area contributed by atoms with Crippen LogP contribution < -0.4 is 15.8 Å². The van der Waals surface area contributed by atoms with Crippen molar-refractivity contribution >= 4 is 28.4 Å². The van der Waals surface area contributed by atoms with Crippen LogP contribution in [0.4, 0.5) is 11.7 Å². The maximum Gasteiger partial charge on any atom is 0.258 e. The molecule has 0 spiro atoms. The molecule has 4 rings (SSSR count). The number of nitrogens with one attached hydrogen (secondary N) is 1. The summed E-state index contributed by atoms with van der Waals surface area (Å²) in [6.07, 6.45) is 1.58. The zero-order valence-electron chi connectivity index (χ0n) is 14.5. The third kappa shape index (κ3) is 4.09. The molecule has 0 fully saturated rings. The minimum atomic E-state index is -0.277. The molecular formula is C21H20N4O3. The number of ether oxygens (including phenoxy) is 1. The largest absolute Gasteiger partial charge is 0.457 e. The summed E-state index contributed by atoms with van der Waals surface area (Å²) in [7, 11) is 0. The van der Waals surface area contributed by atoms with Gasteiger partial charge in [0.25, 0.3) is 5.91 Å². The quantitative estimate of drug-likeness (QED) is 0.530. The number of rotatable bonds is 4. The molecule has 0 bridgehead atoms. The number of hydrogen-bond acceptors (Lipinski definition) is 6. The second kappa shape index (κ2) is 7.79. The van der Waals surface area contributed by atoms with Crippen molar-refractivity contribution in [3.63, 3.8) is 0 Å². The van der Waals surface area contributed by atoms with Crippen molar-refractivity contribution in [1.82, 2.24) is 10.1 Å². The van der Waals surface area contributed by atoms with E-state index >= 15 is 0 Å². The number of carbonyl (C=O) groups excluding carboxylic acids is 1. The Bertz CT molecular complexity index is 1140. The molecule has 2 aromatic carbocycles. The lowest BCUT2D eigenvalue weighted by Crippen LogP contribution is -2.11. The fourth-order valence-electron chi connectivity index (χ4n) is 2.66. The average molecular weight is 376 g/mol. The number of benzene rings is 2. The van der Waals surface area contributed by atoms with Crippen LogP contribution in [0.15, 0.2) is 65.3 Å². The molecule has 7 heteroatoms. The van der Waals surface area contributed by atoms with Gasteiger partial charge in [-0.25, -0.2) is 4.98 Å². The Labute approximate surface area is 162 Å². The van der Waals surface area contributed by atoms with Crippen molar-refractivity contribution in [2.45, 2.75) is 14.4 Å². The lowest BCUT2D eigenvalue weighted by atomic mass is 10.1. The highest BCUT2D eigenvalue weighted by Crippen LogP contribution is 2.27. The van der Waals surface area contributed by atoms with Crippen LogP contribution in [0.2, 0.25) is 0 Å². The standard InChI is InChI=1S/C20H16N4O3.CH4/c1-12-8-19(27-24-12)23-20(25)14-3-2-13-4-5-16(10-15(13)9-14)26-17-6-7-22-18(21)11-17;/h2-11H,1H3,(H2,21,22)(H,23,25);1H4. The molecule has 0 radical (unpaired) electrons. The molecule has 0 aliphatic heterocycles. The number of hydrogen-bond donors (Lipinski definition) is 2. The number of nitrogens with zero attached hydrogens (tertiary/aromatic N) is 2. The monoisotopic (exact) mass is 376 g/mol. The highest BCUT2D eigenvalue weighted by Gasteiger charge is 2.10. The minimum Gasteiger partial charge on any atom is -0.457 e. The van der Waals surface area contributed by atoms with Crippen LogP contribution in [0.3, 0.4) is 0 Å². The zero-order valence-corrected chi connectivity index (χ0v) is 14.5. The normalized spacial score (nSPS) is 10.3. The number of nitrogen functional groups attached to an aromatic ring is 1. The summed E-state index contributed by atoms with van der Waals surface area (Å²) in [5.74, 6) is 1.65. The average Bonchev–Trinajstić information content (AvgIpc) is 3.06. The lowest BCUT2D eigenvalue weighted by Gasteiger charge is -2.08. The van der Waals surface area contributed by atoms with Gasteiger partial charge in [0, 0.05) is 23.9 Å². The van der Waals surface area contributed by atoms with Gasteiger partial charge in [-0.05, 0) is 48.0 Å². The van der Waals surface area contributed by atoms with Gasteiger partial charge in [-0.1, -0.05) is 24.7 Å². The molecule has 4 aromatic rings. The second-order valence-electron chi connectivity index (χ2n) is 6.03. The first-order valence-electron chi connectivity index (χ1n) is 8.25. The number of pyridine rings is 1. The molecule has 7 nitrogen and oxygen atoms in total. The Balaban J connectivity index is 0.00000225. The number of anilines is 2. The van der Waals surface area contributed by atoms with Crippen LogP contribution in [0, 0.1) is 6.92 Å².